The van der Waals surface area contributed by atoms with Crippen molar-refractivity contribution in [3.05, 3.63) is 74.3 Å². The maximum Gasteiger partial charge on any atom is 0.266 e. The number of benzene rings is 2. The van der Waals surface area contributed by atoms with Crippen LogP contribution in [0.1, 0.15) is 22.3 Å². The predicted molar refractivity (Wildman–Crippen MR) is 111 cm³/mol. The summed E-state index contributed by atoms with van der Waals surface area (Å²) in [5, 5.41) is 12.3. The molecule has 5 heteroatoms. The van der Waals surface area contributed by atoms with Crippen LogP contribution in [0.5, 0.6) is 5.75 Å². The van der Waals surface area contributed by atoms with Gasteiger partial charge >= 0.3 is 0 Å². The second-order valence-corrected chi connectivity index (χ2v) is 7.50. The second kappa shape index (κ2) is 7.81. The lowest BCUT2D eigenvalue weighted by Crippen LogP contribution is -2.16. The zero-order valence-electron chi connectivity index (χ0n) is 15.4. The third kappa shape index (κ3) is 4.29. The molecule has 0 spiro atoms. The first kappa shape index (κ1) is 18.9. The molecule has 2 aromatic rings. The number of nitrogens with zero attached hydrogens (tertiary/aromatic N) is 1. The van der Waals surface area contributed by atoms with Crippen molar-refractivity contribution in [3.63, 3.8) is 0 Å². The molecule has 0 radical (unpaired) electrons. The van der Waals surface area contributed by atoms with Crippen LogP contribution in [0.4, 0.5) is 5.69 Å². The molecule has 0 saturated carbocycles. The van der Waals surface area contributed by atoms with Gasteiger partial charge in [-0.1, -0.05) is 33.6 Å². The smallest absolute Gasteiger partial charge is 0.266 e. The summed E-state index contributed by atoms with van der Waals surface area (Å²) < 4.78 is 6.65. The van der Waals surface area contributed by atoms with E-state index in [1.165, 1.54) is 0 Å². The highest BCUT2D eigenvalue weighted by atomic mass is 79.9. The molecule has 4 nitrogen and oxygen atoms in total. The highest BCUT2D eigenvalue weighted by Crippen LogP contribution is 2.30. The van der Waals surface area contributed by atoms with E-state index in [1.54, 1.807) is 6.08 Å². The van der Waals surface area contributed by atoms with E-state index in [-0.39, 0.29) is 5.57 Å². The third-order valence-corrected chi connectivity index (χ3v) is 4.81. The number of aryl methyl sites for hydroxylation is 3. The molecule has 0 atom stereocenters. The molecule has 2 aromatic carbocycles. The van der Waals surface area contributed by atoms with Crippen molar-refractivity contribution in [2.24, 2.45) is 0 Å². The molecule has 0 unspecified atom stereocenters. The quantitative estimate of drug-likeness (QED) is 0.543. The van der Waals surface area contributed by atoms with Crippen molar-refractivity contribution in [1.82, 2.24) is 0 Å². The summed E-state index contributed by atoms with van der Waals surface area (Å²) in [6.07, 6.45) is 3.51. The first-order valence-corrected chi connectivity index (χ1v) is 9.30. The molecule has 136 valence electrons. The lowest BCUT2D eigenvalue weighted by atomic mass is 10.0. The molecule has 1 N–H and O–H groups in total. The normalized spacial score (nSPS) is 13.1. The van der Waals surface area contributed by atoms with Crippen molar-refractivity contribution < 1.29 is 9.53 Å². The van der Waals surface area contributed by atoms with Gasteiger partial charge in [-0.15, -0.1) is 0 Å². The number of carbonyl (C=O) groups excluding carboxylic acids is 1. The summed E-state index contributed by atoms with van der Waals surface area (Å²) in [4.78, 5) is 12.6. The fourth-order valence-corrected chi connectivity index (χ4v) is 3.52. The Bertz CT molecular complexity index is 1010. The number of nitrogens with one attached hydrogen (secondary N) is 1. The first-order chi connectivity index (χ1) is 12.9. The molecule has 1 aliphatic heterocycles. The second-order valence-electron chi connectivity index (χ2n) is 6.59. The molecular formula is C22H19BrN2O2. The summed E-state index contributed by atoms with van der Waals surface area (Å²) >= 11 is 3.44. The summed E-state index contributed by atoms with van der Waals surface area (Å²) in [6, 6.07) is 11.7. The Balaban J connectivity index is 1.87. The van der Waals surface area contributed by atoms with E-state index < -0.39 is 5.91 Å². The minimum atomic E-state index is -0.423. The number of halogens is 1. The van der Waals surface area contributed by atoms with Crippen LogP contribution in [-0.2, 0) is 4.79 Å². The van der Waals surface area contributed by atoms with Crippen molar-refractivity contribution in [3.8, 4) is 11.8 Å². The third-order valence-electron chi connectivity index (χ3n) is 4.32. The molecule has 0 aromatic heterocycles. The average Bonchev–Trinajstić information content (AvgIpc) is 2.62. The molecule has 3 rings (SSSR count). The van der Waals surface area contributed by atoms with Crippen LogP contribution in [0, 0.1) is 32.1 Å². The molecule has 0 saturated heterocycles. The number of carbonyl (C=O) groups is 1. The summed E-state index contributed by atoms with van der Waals surface area (Å²) in [7, 11) is 0. The van der Waals surface area contributed by atoms with Crippen molar-refractivity contribution >= 4 is 33.6 Å². The van der Waals surface area contributed by atoms with E-state index in [1.807, 2.05) is 63.2 Å². The number of fused-ring (bicyclic) bond motifs is 1. The summed E-state index contributed by atoms with van der Waals surface area (Å²) in [5.74, 6) is 0.359. The molecule has 0 fully saturated rings. The topological polar surface area (TPSA) is 62.1 Å². The number of amides is 1. The molecule has 1 aliphatic rings. The highest BCUT2D eigenvalue weighted by Gasteiger charge is 2.16. The Hall–Kier alpha value is -2.84. The number of anilines is 1. The van der Waals surface area contributed by atoms with Gasteiger partial charge in [0.25, 0.3) is 5.91 Å². The standard InChI is InChI=1S/C22H19BrN2O2/c1-13-6-14(2)21(15(3)7-13)25-22(26)18(11-24)9-16-8-17-10-19(23)4-5-20(17)27-12-16/h4-10H,12H2,1-3H3,(H,25,26). The van der Waals surface area contributed by atoms with Crippen LogP contribution in [0.2, 0.25) is 0 Å². The number of rotatable bonds is 3. The van der Waals surface area contributed by atoms with E-state index in [0.717, 1.165) is 43.7 Å². The Labute approximate surface area is 167 Å². The first-order valence-electron chi connectivity index (χ1n) is 8.51. The lowest BCUT2D eigenvalue weighted by Gasteiger charge is -2.17. The molecule has 0 bridgehead atoms. The van der Waals surface area contributed by atoms with Gasteiger partial charge in [-0.3, -0.25) is 4.79 Å². The van der Waals surface area contributed by atoms with Gasteiger partial charge in [0.15, 0.2) is 0 Å². The Morgan fingerprint density at radius 1 is 1.22 bits per heavy atom. The number of ether oxygens (including phenoxy) is 1. The summed E-state index contributed by atoms with van der Waals surface area (Å²) in [5.41, 5.74) is 5.54. The van der Waals surface area contributed by atoms with Gasteiger partial charge in [0.2, 0.25) is 0 Å². The van der Waals surface area contributed by atoms with E-state index in [0.29, 0.717) is 6.61 Å². The van der Waals surface area contributed by atoms with Crippen molar-refractivity contribution in [1.29, 1.82) is 5.26 Å². The lowest BCUT2D eigenvalue weighted by molar-refractivity contribution is -0.112. The zero-order chi connectivity index (χ0) is 19.6. The number of hydrogen-bond donors (Lipinski definition) is 1. The molecule has 1 amide bonds. The Kier molecular flexibility index (Phi) is 5.48. The maximum absolute atomic E-state index is 12.6. The van der Waals surface area contributed by atoms with Crippen LogP contribution in [0.25, 0.3) is 6.08 Å². The zero-order valence-corrected chi connectivity index (χ0v) is 17.0. The average molecular weight is 423 g/mol. The molecule has 27 heavy (non-hydrogen) atoms. The van der Waals surface area contributed by atoms with Gasteiger partial charge in [0, 0.05) is 15.7 Å². The van der Waals surface area contributed by atoms with Crippen LogP contribution in [-0.4, -0.2) is 12.5 Å². The molecule has 1 heterocycles. The van der Waals surface area contributed by atoms with Gasteiger partial charge < -0.3 is 10.1 Å². The molecule has 0 aliphatic carbocycles. The van der Waals surface area contributed by atoms with Crippen molar-refractivity contribution in [2.45, 2.75) is 20.8 Å². The summed E-state index contributed by atoms with van der Waals surface area (Å²) in [6.45, 7) is 6.21. The van der Waals surface area contributed by atoms with Gasteiger partial charge in [-0.25, -0.2) is 0 Å². The molecular weight excluding hydrogens is 404 g/mol. The van der Waals surface area contributed by atoms with Gasteiger partial charge in [-0.05, 0) is 67.8 Å². The van der Waals surface area contributed by atoms with Gasteiger partial charge in [0.1, 0.15) is 24.0 Å². The Morgan fingerprint density at radius 2 is 1.93 bits per heavy atom. The van der Waals surface area contributed by atoms with Gasteiger partial charge in [-0.2, -0.15) is 5.26 Å². The van der Waals surface area contributed by atoms with E-state index in [9.17, 15) is 10.1 Å². The van der Waals surface area contributed by atoms with Gasteiger partial charge in [0.05, 0.1) is 0 Å². The maximum atomic E-state index is 12.6. The number of hydrogen-bond acceptors (Lipinski definition) is 3. The Morgan fingerprint density at radius 3 is 2.59 bits per heavy atom. The fourth-order valence-electron chi connectivity index (χ4n) is 3.14. The van der Waals surface area contributed by atoms with E-state index >= 15 is 0 Å². The SMILES string of the molecule is Cc1cc(C)c(NC(=O)C(C#N)=CC2=Cc3cc(Br)ccc3OC2)c(C)c1. The van der Waals surface area contributed by atoms with Crippen LogP contribution < -0.4 is 10.1 Å². The largest absolute Gasteiger partial charge is 0.488 e. The fraction of sp³-hybridized carbons (Fsp3) is 0.182. The van der Waals surface area contributed by atoms with Crippen LogP contribution in [0.15, 0.2) is 52.0 Å². The monoisotopic (exact) mass is 422 g/mol. The van der Waals surface area contributed by atoms with Crippen LogP contribution >= 0.6 is 15.9 Å². The predicted octanol–water partition coefficient (Wildman–Crippen LogP) is 5.24. The van der Waals surface area contributed by atoms with Crippen LogP contribution in [0.3, 0.4) is 0 Å². The van der Waals surface area contributed by atoms with Crippen molar-refractivity contribution in [2.75, 3.05) is 11.9 Å². The minimum absolute atomic E-state index is 0.0441. The van der Waals surface area contributed by atoms with E-state index in [2.05, 4.69) is 21.2 Å². The minimum Gasteiger partial charge on any atom is -0.488 e. The van der Waals surface area contributed by atoms with E-state index in [4.69, 9.17) is 4.74 Å². The number of nitriles is 1. The highest BCUT2D eigenvalue weighted by molar-refractivity contribution is 9.10.